The zero-order valence-electron chi connectivity index (χ0n) is 9.73. The lowest BCUT2D eigenvalue weighted by Crippen LogP contribution is -2.11. The fraction of sp³-hybridized carbons (Fsp3) is 0.0714. The number of nitrogens with zero attached hydrogens (tertiary/aromatic N) is 1. The van der Waals surface area contributed by atoms with Crippen molar-refractivity contribution >= 4 is 33.6 Å². The molecular weight excluding hydrogens is 297 g/mol. The van der Waals surface area contributed by atoms with Gasteiger partial charge in [0.25, 0.3) is 0 Å². The standard InChI is InChI=1S/C14H11BrFNO/c1-17(13-4-2-3-12(16)8-13)14-7-11(15)6-5-10(14)9-18/h2-9H,1H3. The van der Waals surface area contributed by atoms with Gasteiger partial charge in [0.2, 0.25) is 0 Å². The van der Waals surface area contributed by atoms with Gasteiger partial charge < -0.3 is 4.90 Å². The highest BCUT2D eigenvalue weighted by Gasteiger charge is 2.10. The minimum Gasteiger partial charge on any atom is -0.344 e. The van der Waals surface area contributed by atoms with Crippen LogP contribution in [0.2, 0.25) is 0 Å². The van der Waals surface area contributed by atoms with Crippen LogP contribution in [0.15, 0.2) is 46.9 Å². The first-order chi connectivity index (χ1) is 8.61. The number of benzene rings is 2. The van der Waals surface area contributed by atoms with Crippen LogP contribution in [0.4, 0.5) is 15.8 Å². The van der Waals surface area contributed by atoms with E-state index in [1.165, 1.54) is 12.1 Å². The number of aldehydes is 1. The summed E-state index contributed by atoms with van der Waals surface area (Å²) < 4.78 is 14.1. The molecular formula is C14H11BrFNO. The molecule has 0 aliphatic rings. The van der Waals surface area contributed by atoms with E-state index in [-0.39, 0.29) is 5.82 Å². The molecule has 0 fully saturated rings. The van der Waals surface area contributed by atoms with Crippen LogP contribution in [0.3, 0.4) is 0 Å². The smallest absolute Gasteiger partial charge is 0.152 e. The van der Waals surface area contributed by atoms with Crippen molar-refractivity contribution in [3.05, 3.63) is 58.3 Å². The Labute approximate surface area is 113 Å². The van der Waals surface area contributed by atoms with Gasteiger partial charge in [-0.05, 0) is 36.4 Å². The van der Waals surface area contributed by atoms with Gasteiger partial charge in [0, 0.05) is 22.8 Å². The summed E-state index contributed by atoms with van der Waals surface area (Å²) in [6, 6.07) is 11.6. The van der Waals surface area contributed by atoms with E-state index in [4.69, 9.17) is 0 Å². The lowest BCUT2D eigenvalue weighted by Gasteiger charge is -2.21. The summed E-state index contributed by atoms with van der Waals surface area (Å²) in [5.41, 5.74) is 1.98. The maximum atomic E-state index is 13.2. The molecule has 0 saturated heterocycles. The molecule has 18 heavy (non-hydrogen) atoms. The van der Waals surface area contributed by atoms with Gasteiger partial charge in [-0.15, -0.1) is 0 Å². The van der Waals surface area contributed by atoms with E-state index in [1.807, 2.05) is 6.07 Å². The van der Waals surface area contributed by atoms with Gasteiger partial charge in [-0.1, -0.05) is 22.0 Å². The fourth-order valence-electron chi connectivity index (χ4n) is 1.73. The van der Waals surface area contributed by atoms with Crippen molar-refractivity contribution < 1.29 is 9.18 Å². The van der Waals surface area contributed by atoms with Crippen molar-refractivity contribution in [3.63, 3.8) is 0 Å². The second kappa shape index (κ2) is 5.31. The summed E-state index contributed by atoms with van der Waals surface area (Å²) in [6.07, 6.45) is 0.789. The van der Waals surface area contributed by atoms with Crippen LogP contribution in [-0.4, -0.2) is 13.3 Å². The summed E-state index contributed by atoms with van der Waals surface area (Å²) in [5.74, 6) is -0.304. The van der Waals surface area contributed by atoms with E-state index in [0.717, 1.165) is 16.4 Å². The van der Waals surface area contributed by atoms with Crippen molar-refractivity contribution in [2.45, 2.75) is 0 Å². The topological polar surface area (TPSA) is 20.3 Å². The van der Waals surface area contributed by atoms with Crippen LogP contribution in [0.25, 0.3) is 0 Å². The average Bonchev–Trinajstić information content (AvgIpc) is 2.38. The molecule has 0 saturated carbocycles. The molecule has 0 spiro atoms. The van der Waals surface area contributed by atoms with Crippen molar-refractivity contribution in [2.75, 3.05) is 11.9 Å². The molecule has 2 nitrogen and oxygen atoms in total. The molecule has 0 bridgehead atoms. The van der Waals surface area contributed by atoms with Crippen molar-refractivity contribution in [1.82, 2.24) is 0 Å². The molecule has 0 aromatic heterocycles. The van der Waals surface area contributed by atoms with Crippen LogP contribution >= 0.6 is 15.9 Å². The van der Waals surface area contributed by atoms with Gasteiger partial charge in [0.15, 0.2) is 6.29 Å². The zero-order valence-corrected chi connectivity index (χ0v) is 11.3. The minimum atomic E-state index is -0.304. The quantitative estimate of drug-likeness (QED) is 0.793. The van der Waals surface area contributed by atoms with Crippen LogP contribution in [0.5, 0.6) is 0 Å². The second-order valence-electron chi connectivity index (χ2n) is 3.86. The van der Waals surface area contributed by atoms with Crippen molar-refractivity contribution in [3.8, 4) is 0 Å². The first-order valence-electron chi connectivity index (χ1n) is 5.36. The third-order valence-electron chi connectivity index (χ3n) is 2.68. The van der Waals surface area contributed by atoms with Crippen LogP contribution < -0.4 is 4.90 Å². The third-order valence-corrected chi connectivity index (χ3v) is 3.17. The molecule has 2 aromatic rings. The summed E-state index contributed by atoms with van der Waals surface area (Å²) >= 11 is 3.36. The largest absolute Gasteiger partial charge is 0.344 e. The summed E-state index contributed by atoms with van der Waals surface area (Å²) in [5, 5.41) is 0. The number of halogens is 2. The minimum absolute atomic E-state index is 0.304. The Kier molecular flexibility index (Phi) is 3.77. The number of carbonyl (C=O) groups is 1. The maximum Gasteiger partial charge on any atom is 0.152 e. The average molecular weight is 308 g/mol. The molecule has 2 rings (SSSR count). The first-order valence-corrected chi connectivity index (χ1v) is 6.15. The first kappa shape index (κ1) is 12.8. The van der Waals surface area contributed by atoms with E-state index in [2.05, 4.69) is 15.9 Å². The second-order valence-corrected chi connectivity index (χ2v) is 4.78. The van der Waals surface area contributed by atoms with Gasteiger partial charge in [0.05, 0.1) is 5.69 Å². The summed E-state index contributed by atoms with van der Waals surface area (Å²) in [6.45, 7) is 0. The Bertz CT molecular complexity index is 586. The summed E-state index contributed by atoms with van der Waals surface area (Å²) in [4.78, 5) is 12.8. The highest BCUT2D eigenvalue weighted by Crippen LogP contribution is 2.29. The normalized spacial score (nSPS) is 10.2. The van der Waals surface area contributed by atoms with Gasteiger partial charge >= 0.3 is 0 Å². The molecule has 2 aromatic carbocycles. The highest BCUT2D eigenvalue weighted by molar-refractivity contribution is 9.10. The Morgan fingerprint density at radius 2 is 2.00 bits per heavy atom. The van der Waals surface area contributed by atoms with Gasteiger partial charge in [-0.2, -0.15) is 0 Å². The molecule has 0 aliphatic heterocycles. The SMILES string of the molecule is CN(c1cccc(F)c1)c1cc(Br)ccc1C=O. The lowest BCUT2D eigenvalue weighted by molar-refractivity contribution is 0.112. The molecule has 0 heterocycles. The third kappa shape index (κ3) is 2.59. The molecule has 0 amide bonds. The number of hydrogen-bond acceptors (Lipinski definition) is 2. The monoisotopic (exact) mass is 307 g/mol. The maximum absolute atomic E-state index is 13.2. The number of rotatable bonds is 3. The molecule has 0 N–H and O–H groups in total. The van der Waals surface area contributed by atoms with Crippen molar-refractivity contribution in [2.24, 2.45) is 0 Å². The number of anilines is 2. The molecule has 4 heteroatoms. The predicted molar refractivity (Wildman–Crippen MR) is 74.0 cm³/mol. The van der Waals surface area contributed by atoms with Crippen molar-refractivity contribution in [1.29, 1.82) is 0 Å². The molecule has 92 valence electrons. The molecule has 0 aliphatic carbocycles. The predicted octanol–water partition coefficient (Wildman–Crippen LogP) is 4.17. The molecule has 0 radical (unpaired) electrons. The Morgan fingerprint density at radius 3 is 2.67 bits per heavy atom. The van der Waals surface area contributed by atoms with Gasteiger partial charge in [-0.25, -0.2) is 4.39 Å². The molecule has 0 unspecified atom stereocenters. The lowest BCUT2D eigenvalue weighted by atomic mass is 10.1. The van der Waals surface area contributed by atoms with E-state index in [0.29, 0.717) is 11.3 Å². The molecule has 0 atom stereocenters. The number of hydrogen-bond donors (Lipinski definition) is 0. The Hall–Kier alpha value is -1.68. The van der Waals surface area contributed by atoms with Crippen LogP contribution in [0.1, 0.15) is 10.4 Å². The van der Waals surface area contributed by atoms with E-state index in [9.17, 15) is 9.18 Å². The van der Waals surface area contributed by atoms with Gasteiger partial charge in [0.1, 0.15) is 5.82 Å². The van der Waals surface area contributed by atoms with E-state index in [1.54, 1.807) is 36.2 Å². The van der Waals surface area contributed by atoms with E-state index >= 15 is 0 Å². The zero-order chi connectivity index (χ0) is 13.1. The fourth-order valence-corrected chi connectivity index (χ4v) is 2.08. The Balaban J connectivity index is 2.48. The van der Waals surface area contributed by atoms with Gasteiger partial charge in [-0.3, -0.25) is 4.79 Å². The number of carbonyl (C=O) groups excluding carboxylic acids is 1. The van der Waals surface area contributed by atoms with Crippen LogP contribution in [0, 0.1) is 5.82 Å². The highest BCUT2D eigenvalue weighted by atomic mass is 79.9. The summed E-state index contributed by atoms with van der Waals surface area (Å²) in [7, 11) is 1.80. The van der Waals surface area contributed by atoms with Crippen LogP contribution in [-0.2, 0) is 0 Å². The Morgan fingerprint density at radius 1 is 1.22 bits per heavy atom. The van der Waals surface area contributed by atoms with E-state index < -0.39 is 0 Å².